The molecule has 0 bridgehead atoms. The molecule has 0 radical (unpaired) electrons. The van der Waals surface area contributed by atoms with Crippen LogP contribution in [0.4, 0.5) is 16.4 Å². The number of piperazine rings is 1. The number of carboxylic acids is 1. The Hall–Kier alpha value is -2.09. The molecule has 1 saturated heterocycles. The highest BCUT2D eigenvalue weighted by Gasteiger charge is 2.30. The molecule has 2 N–H and O–H groups in total. The van der Waals surface area contributed by atoms with Crippen LogP contribution in [0.2, 0.25) is 5.02 Å². The summed E-state index contributed by atoms with van der Waals surface area (Å²) in [5, 5.41) is 16.5. The summed E-state index contributed by atoms with van der Waals surface area (Å²) in [4.78, 5) is 21.0. The number of aliphatic carboxylic acids is 1. The molecule has 0 saturated carbocycles. The molecule has 2 aromatic rings. The number of aliphatic imine (C=N–C) groups is 1. The third kappa shape index (κ3) is 4.13. The van der Waals surface area contributed by atoms with Crippen molar-refractivity contribution in [1.82, 2.24) is 9.80 Å². The van der Waals surface area contributed by atoms with Crippen LogP contribution in [0.25, 0.3) is 0 Å². The summed E-state index contributed by atoms with van der Waals surface area (Å²) >= 11 is 8.14. The van der Waals surface area contributed by atoms with Gasteiger partial charge < -0.3 is 15.3 Å². The van der Waals surface area contributed by atoms with Gasteiger partial charge in [0.25, 0.3) is 0 Å². The van der Waals surface area contributed by atoms with Gasteiger partial charge in [-0.1, -0.05) is 23.7 Å². The Balaban J connectivity index is 1.51. The van der Waals surface area contributed by atoms with E-state index in [9.17, 15) is 9.90 Å². The fourth-order valence-corrected chi connectivity index (χ4v) is 4.76. The van der Waals surface area contributed by atoms with Crippen LogP contribution in [-0.4, -0.2) is 59.4 Å². The molecule has 2 aliphatic rings. The normalized spacial score (nSPS) is 17.1. The van der Waals surface area contributed by atoms with Crippen LogP contribution < -0.4 is 5.32 Å². The molecule has 1 fully saturated rings. The number of hydrogen-bond acceptors (Lipinski definition) is 6. The van der Waals surface area contributed by atoms with Crippen molar-refractivity contribution in [2.45, 2.75) is 20.3 Å². The Kier molecular flexibility index (Phi) is 5.55. The average Bonchev–Trinajstić information content (AvgIpc) is 2.96. The number of hydrogen-bond donors (Lipinski definition) is 2. The van der Waals surface area contributed by atoms with Crippen LogP contribution in [-0.2, 0) is 4.79 Å². The third-order valence-electron chi connectivity index (χ3n) is 5.65. The van der Waals surface area contributed by atoms with Gasteiger partial charge in [-0.05, 0) is 38.9 Å². The van der Waals surface area contributed by atoms with Gasteiger partial charge in [0.15, 0.2) is 0 Å². The van der Waals surface area contributed by atoms with E-state index in [0.717, 1.165) is 65.5 Å². The van der Waals surface area contributed by atoms with Gasteiger partial charge >= 0.3 is 5.97 Å². The Morgan fingerprint density at radius 3 is 2.72 bits per heavy atom. The predicted molar refractivity (Wildman–Crippen MR) is 119 cm³/mol. The van der Waals surface area contributed by atoms with E-state index in [1.807, 2.05) is 29.6 Å². The first-order valence-electron chi connectivity index (χ1n) is 9.78. The number of nitrogens with one attached hydrogen (secondary N) is 1. The number of thiophene rings is 1. The Bertz CT molecular complexity index is 948. The topological polar surface area (TPSA) is 68.2 Å². The highest BCUT2D eigenvalue weighted by Crippen LogP contribution is 2.41. The molecule has 3 heterocycles. The van der Waals surface area contributed by atoms with Crippen molar-refractivity contribution in [3.63, 3.8) is 0 Å². The first-order valence-corrected chi connectivity index (χ1v) is 11.0. The molecule has 0 amide bonds. The number of amidine groups is 1. The minimum Gasteiger partial charge on any atom is -0.481 e. The minimum atomic E-state index is -0.741. The Morgan fingerprint density at radius 2 is 2.00 bits per heavy atom. The van der Waals surface area contributed by atoms with Crippen molar-refractivity contribution < 1.29 is 9.90 Å². The lowest BCUT2D eigenvalue weighted by Gasteiger charge is -2.37. The zero-order valence-corrected chi connectivity index (χ0v) is 18.2. The summed E-state index contributed by atoms with van der Waals surface area (Å²) in [5.41, 5.74) is 2.16. The summed E-state index contributed by atoms with van der Waals surface area (Å²) in [6.45, 7) is 7.78. The average molecular weight is 433 g/mol. The highest BCUT2D eigenvalue weighted by atomic mass is 35.5. The fourth-order valence-electron chi connectivity index (χ4n) is 3.56. The van der Waals surface area contributed by atoms with Crippen LogP contribution >= 0.6 is 22.9 Å². The van der Waals surface area contributed by atoms with Crippen LogP contribution in [0.1, 0.15) is 25.8 Å². The number of halogens is 1. The van der Waals surface area contributed by atoms with Gasteiger partial charge in [0.2, 0.25) is 0 Å². The monoisotopic (exact) mass is 432 g/mol. The molecule has 2 aliphatic heterocycles. The van der Waals surface area contributed by atoms with Crippen molar-refractivity contribution in [1.29, 1.82) is 0 Å². The van der Waals surface area contributed by atoms with Crippen molar-refractivity contribution >= 4 is 51.1 Å². The van der Waals surface area contributed by atoms with Crippen LogP contribution in [0.3, 0.4) is 0 Å². The number of para-hydroxylation sites is 2. The van der Waals surface area contributed by atoms with Crippen molar-refractivity contribution in [2.24, 2.45) is 10.4 Å². The van der Waals surface area contributed by atoms with Gasteiger partial charge in [-0.15, -0.1) is 11.3 Å². The van der Waals surface area contributed by atoms with E-state index in [1.54, 1.807) is 25.2 Å². The molecule has 1 aromatic heterocycles. The Morgan fingerprint density at radius 1 is 1.28 bits per heavy atom. The van der Waals surface area contributed by atoms with Crippen molar-refractivity contribution in [3.05, 3.63) is 40.2 Å². The van der Waals surface area contributed by atoms with E-state index >= 15 is 0 Å². The largest absolute Gasteiger partial charge is 0.481 e. The molecule has 4 rings (SSSR count). The lowest BCUT2D eigenvalue weighted by molar-refractivity contribution is -0.147. The molecule has 29 heavy (non-hydrogen) atoms. The predicted octanol–water partition coefficient (Wildman–Crippen LogP) is 4.66. The van der Waals surface area contributed by atoms with E-state index in [-0.39, 0.29) is 0 Å². The number of benzene rings is 1. The third-order valence-corrected chi connectivity index (χ3v) is 6.98. The first-order chi connectivity index (χ1) is 13.8. The van der Waals surface area contributed by atoms with Gasteiger partial charge in [-0.3, -0.25) is 9.69 Å². The van der Waals surface area contributed by atoms with Crippen molar-refractivity contribution in [3.8, 4) is 0 Å². The summed E-state index contributed by atoms with van der Waals surface area (Å²) in [6, 6.07) is 8.03. The summed E-state index contributed by atoms with van der Waals surface area (Å²) in [5.74, 6) is 0.170. The van der Waals surface area contributed by atoms with E-state index < -0.39 is 11.4 Å². The minimum absolute atomic E-state index is 0.640. The number of anilines is 2. The van der Waals surface area contributed by atoms with Gasteiger partial charge in [0.05, 0.1) is 27.4 Å². The fraction of sp³-hybridized carbons (Fsp3) is 0.429. The standard InChI is InChI=1S/C21H25ClN4O2S/c1-21(2,20(27)28)7-8-25-9-11-26(12-10-25)18-17-14(22)13-29-19(17)24-16-6-4-3-5-15(16)23-18/h3-6,13,24H,7-12H2,1-2H3,(H,27,28). The number of carboxylic acid groups (broad SMARTS) is 1. The van der Waals surface area contributed by atoms with E-state index in [1.165, 1.54) is 0 Å². The molecule has 154 valence electrons. The molecule has 0 aliphatic carbocycles. The lowest BCUT2D eigenvalue weighted by atomic mass is 9.89. The maximum atomic E-state index is 11.3. The second kappa shape index (κ2) is 7.97. The molecule has 0 spiro atoms. The zero-order valence-electron chi connectivity index (χ0n) is 16.6. The molecule has 6 nitrogen and oxygen atoms in total. The molecule has 0 atom stereocenters. The number of fused-ring (bicyclic) bond motifs is 2. The molecule has 1 aromatic carbocycles. The lowest BCUT2D eigenvalue weighted by Crippen LogP contribution is -2.49. The van der Waals surface area contributed by atoms with E-state index in [0.29, 0.717) is 6.42 Å². The molecular formula is C21H25ClN4O2S. The maximum Gasteiger partial charge on any atom is 0.309 e. The molecule has 8 heteroatoms. The molecule has 0 unspecified atom stereocenters. The molecular weight excluding hydrogens is 408 g/mol. The quantitative estimate of drug-likeness (QED) is 0.735. The van der Waals surface area contributed by atoms with Gasteiger partial charge in [-0.25, -0.2) is 4.99 Å². The summed E-state index contributed by atoms with van der Waals surface area (Å²) in [7, 11) is 0. The summed E-state index contributed by atoms with van der Waals surface area (Å²) in [6.07, 6.45) is 0.640. The second-order valence-corrected chi connectivity index (χ2v) is 9.42. The van der Waals surface area contributed by atoms with E-state index in [2.05, 4.69) is 15.1 Å². The SMILES string of the molecule is CC(C)(CCN1CCN(C2=Nc3ccccc3Nc3scc(Cl)c32)CC1)C(=O)O. The van der Waals surface area contributed by atoms with Crippen molar-refractivity contribution in [2.75, 3.05) is 38.0 Å². The van der Waals surface area contributed by atoms with Crippen LogP contribution in [0, 0.1) is 5.41 Å². The number of carbonyl (C=O) groups is 1. The zero-order chi connectivity index (χ0) is 20.6. The number of nitrogens with zero attached hydrogens (tertiary/aromatic N) is 3. The van der Waals surface area contributed by atoms with Gasteiger partial charge in [0, 0.05) is 31.6 Å². The number of rotatable bonds is 4. The van der Waals surface area contributed by atoms with Crippen LogP contribution in [0.15, 0.2) is 34.6 Å². The Labute approximate surface area is 179 Å². The maximum absolute atomic E-state index is 11.3. The van der Waals surface area contributed by atoms with Gasteiger partial charge in [-0.2, -0.15) is 0 Å². The second-order valence-electron chi connectivity index (χ2n) is 8.13. The smallest absolute Gasteiger partial charge is 0.309 e. The van der Waals surface area contributed by atoms with Crippen LogP contribution in [0.5, 0.6) is 0 Å². The van der Waals surface area contributed by atoms with E-state index in [4.69, 9.17) is 16.6 Å². The van der Waals surface area contributed by atoms with Gasteiger partial charge in [0.1, 0.15) is 10.8 Å². The first kappa shape index (κ1) is 20.2. The summed E-state index contributed by atoms with van der Waals surface area (Å²) < 4.78 is 0. The highest BCUT2D eigenvalue weighted by molar-refractivity contribution is 7.15.